The second kappa shape index (κ2) is 10.7. The minimum Gasteiger partial charge on any atom is -0.492 e. The number of ether oxygens (including phenoxy) is 2. The van der Waals surface area contributed by atoms with Gasteiger partial charge in [0, 0.05) is 13.0 Å². The molecule has 2 aromatic carbocycles. The second-order valence-corrected chi connectivity index (χ2v) is 5.46. The van der Waals surface area contributed by atoms with E-state index < -0.39 is 12.1 Å². The molecular formula is C19H24ClNO4. The third kappa shape index (κ3) is 6.74. The molecule has 6 heteroatoms. The summed E-state index contributed by atoms with van der Waals surface area (Å²) < 4.78 is 10.9. The Morgan fingerprint density at radius 3 is 2.32 bits per heavy atom. The van der Waals surface area contributed by atoms with Crippen molar-refractivity contribution in [3.63, 3.8) is 0 Å². The topological polar surface area (TPSA) is 81.8 Å². The van der Waals surface area contributed by atoms with Crippen LogP contribution >= 0.6 is 12.4 Å². The highest BCUT2D eigenvalue weighted by Crippen LogP contribution is 2.17. The highest BCUT2D eigenvalue weighted by Gasteiger charge is 2.17. The summed E-state index contributed by atoms with van der Waals surface area (Å²) in [5.41, 5.74) is 8.01. The average molecular weight is 366 g/mol. The van der Waals surface area contributed by atoms with Gasteiger partial charge in [0.1, 0.15) is 12.4 Å². The van der Waals surface area contributed by atoms with Gasteiger partial charge in [-0.1, -0.05) is 42.5 Å². The first-order valence-corrected chi connectivity index (χ1v) is 7.96. The van der Waals surface area contributed by atoms with Crippen LogP contribution < -0.4 is 10.5 Å². The van der Waals surface area contributed by atoms with Crippen molar-refractivity contribution in [3.05, 3.63) is 65.7 Å². The van der Waals surface area contributed by atoms with Crippen LogP contribution in [0, 0.1) is 0 Å². The number of hydrogen-bond donors (Lipinski definition) is 2. The number of nitrogens with two attached hydrogens (primary N) is 1. The van der Waals surface area contributed by atoms with Crippen LogP contribution in [-0.2, 0) is 16.0 Å². The lowest BCUT2D eigenvalue weighted by Gasteiger charge is -2.15. The van der Waals surface area contributed by atoms with Crippen LogP contribution in [0.4, 0.5) is 0 Å². The zero-order chi connectivity index (χ0) is 17.4. The maximum atomic E-state index is 11.1. The highest BCUT2D eigenvalue weighted by atomic mass is 35.5. The van der Waals surface area contributed by atoms with E-state index in [0.717, 1.165) is 11.1 Å². The summed E-state index contributed by atoms with van der Waals surface area (Å²) in [4.78, 5) is 11.1. The highest BCUT2D eigenvalue weighted by molar-refractivity contribution is 5.85. The Balaban J connectivity index is 0.00000312. The fraction of sp³-hybridized carbons (Fsp3) is 0.316. The molecule has 0 aliphatic rings. The van der Waals surface area contributed by atoms with E-state index in [4.69, 9.17) is 20.3 Å². The van der Waals surface area contributed by atoms with Crippen LogP contribution in [0.2, 0.25) is 0 Å². The zero-order valence-corrected chi connectivity index (χ0v) is 14.9. The molecule has 2 rings (SSSR count). The Labute approximate surface area is 154 Å². The van der Waals surface area contributed by atoms with E-state index in [1.54, 1.807) is 6.92 Å². The van der Waals surface area contributed by atoms with Gasteiger partial charge >= 0.3 is 5.97 Å². The molecular weight excluding hydrogens is 342 g/mol. The maximum Gasteiger partial charge on any atom is 0.333 e. The molecule has 5 nitrogen and oxygen atoms in total. The smallest absolute Gasteiger partial charge is 0.333 e. The Morgan fingerprint density at radius 2 is 1.76 bits per heavy atom. The van der Waals surface area contributed by atoms with Crippen molar-refractivity contribution < 1.29 is 19.4 Å². The van der Waals surface area contributed by atoms with Crippen LogP contribution in [0.25, 0.3) is 0 Å². The second-order valence-electron chi connectivity index (χ2n) is 5.46. The van der Waals surface area contributed by atoms with E-state index in [1.165, 1.54) is 0 Å². The first-order valence-electron chi connectivity index (χ1n) is 7.96. The predicted molar refractivity (Wildman–Crippen MR) is 99.3 cm³/mol. The number of benzene rings is 2. The minimum absolute atomic E-state index is 0. The Bertz CT molecular complexity index is 634. The lowest BCUT2D eigenvalue weighted by molar-refractivity contribution is -0.149. The summed E-state index contributed by atoms with van der Waals surface area (Å²) in [5, 5.41) is 9.11. The van der Waals surface area contributed by atoms with Crippen molar-refractivity contribution >= 4 is 18.4 Å². The van der Waals surface area contributed by atoms with E-state index in [0.29, 0.717) is 25.4 Å². The van der Waals surface area contributed by atoms with Crippen LogP contribution in [0.3, 0.4) is 0 Å². The summed E-state index contributed by atoms with van der Waals surface area (Å²) in [6.45, 7) is 2.53. The van der Waals surface area contributed by atoms with Gasteiger partial charge in [-0.3, -0.25) is 0 Å². The molecule has 0 heterocycles. The molecule has 3 N–H and O–H groups in total. The normalized spacial score (nSPS) is 12.7. The molecule has 0 radical (unpaired) electrons. The van der Waals surface area contributed by atoms with Crippen LogP contribution in [0.5, 0.6) is 5.75 Å². The van der Waals surface area contributed by atoms with Gasteiger partial charge in [0.15, 0.2) is 6.10 Å². The molecule has 0 bridgehead atoms. The largest absolute Gasteiger partial charge is 0.492 e. The number of rotatable bonds is 9. The van der Waals surface area contributed by atoms with Crippen molar-refractivity contribution in [2.45, 2.75) is 25.5 Å². The van der Waals surface area contributed by atoms with Gasteiger partial charge in [0.05, 0.1) is 6.04 Å². The third-order valence-corrected chi connectivity index (χ3v) is 3.65. The first kappa shape index (κ1) is 21.0. The molecule has 0 aliphatic carbocycles. The quantitative estimate of drug-likeness (QED) is 0.713. The summed E-state index contributed by atoms with van der Waals surface area (Å²) >= 11 is 0. The molecule has 0 aromatic heterocycles. The molecule has 0 saturated carbocycles. The molecule has 0 aliphatic heterocycles. The van der Waals surface area contributed by atoms with E-state index in [1.807, 2.05) is 54.6 Å². The van der Waals surface area contributed by atoms with Crippen molar-refractivity contribution in [3.8, 4) is 5.75 Å². The van der Waals surface area contributed by atoms with E-state index >= 15 is 0 Å². The Morgan fingerprint density at radius 1 is 1.12 bits per heavy atom. The van der Waals surface area contributed by atoms with Crippen molar-refractivity contribution in [1.29, 1.82) is 0 Å². The molecule has 0 fully saturated rings. The lowest BCUT2D eigenvalue weighted by Crippen LogP contribution is -2.26. The van der Waals surface area contributed by atoms with Gasteiger partial charge < -0.3 is 20.3 Å². The molecule has 0 saturated heterocycles. The van der Waals surface area contributed by atoms with Crippen LogP contribution in [0.15, 0.2) is 54.6 Å². The number of halogens is 1. The standard InChI is InChI=1S/C19H23NO4.ClH/c1-2-23-18(19(21)22)12-14-8-10-16(11-9-14)24-13-17(20)15-6-4-3-5-7-15;/h3-11,17-18H,2,12-13,20H2,1H3,(H,21,22);1H/t17-,18+;/m1./s1. The fourth-order valence-corrected chi connectivity index (χ4v) is 2.34. The number of carboxylic acids is 1. The number of aliphatic carboxylic acids is 1. The van der Waals surface area contributed by atoms with Gasteiger partial charge in [0.25, 0.3) is 0 Å². The van der Waals surface area contributed by atoms with Crippen molar-refractivity contribution in [1.82, 2.24) is 0 Å². The SMILES string of the molecule is CCO[C@@H](Cc1ccc(OC[C@@H](N)c2ccccc2)cc1)C(=O)O.Cl. The molecule has 0 unspecified atom stereocenters. The van der Waals surface area contributed by atoms with E-state index in [9.17, 15) is 4.79 Å². The summed E-state index contributed by atoms with van der Waals surface area (Å²) in [6, 6.07) is 16.9. The Kier molecular flexibility index (Phi) is 8.99. The number of hydrogen-bond acceptors (Lipinski definition) is 4. The van der Waals surface area contributed by atoms with E-state index in [-0.39, 0.29) is 18.4 Å². The van der Waals surface area contributed by atoms with Crippen molar-refractivity contribution in [2.24, 2.45) is 5.73 Å². The first-order chi connectivity index (χ1) is 11.6. The minimum atomic E-state index is -0.953. The predicted octanol–water partition coefficient (Wildman–Crippen LogP) is 3.22. The van der Waals surface area contributed by atoms with Gasteiger partial charge in [-0.25, -0.2) is 4.79 Å². The zero-order valence-electron chi connectivity index (χ0n) is 14.1. The summed E-state index contributed by atoms with van der Waals surface area (Å²) in [5.74, 6) is -0.251. The van der Waals surface area contributed by atoms with E-state index in [2.05, 4.69) is 0 Å². The van der Waals surface area contributed by atoms with Gasteiger partial charge in [-0.05, 0) is 30.2 Å². The van der Waals surface area contributed by atoms with Crippen LogP contribution in [-0.4, -0.2) is 30.4 Å². The molecule has 136 valence electrons. The summed E-state index contributed by atoms with van der Waals surface area (Å²) in [7, 11) is 0. The monoisotopic (exact) mass is 365 g/mol. The van der Waals surface area contributed by atoms with Crippen molar-refractivity contribution in [2.75, 3.05) is 13.2 Å². The molecule has 2 aromatic rings. The fourth-order valence-electron chi connectivity index (χ4n) is 2.34. The van der Waals surface area contributed by atoms with Gasteiger partial charge in [0.2, 0.25) is 0 Å². The summed E-state index contributed by atoms with van der Waals surface area (Å²) in [6.07, 6.45) is -0.499. The lowest BCUT2D eigenvalue weighted by atomic mass is 10.1. The van der Waals surface area contributed by atoms with Crippen LogP contribution in [0.1, 0.15) is 24.1 Å². The Hall–Kier alpha value is -2.08. The van der Waals surface area contributed by atoms with Gasteiger partial charge in [-0.2, -0.15) is 0 Å². The maximum absolute atomic E-state index is 11.1. The third-order valence-electron chi connectivity index (χ3n) is 3.65. The average Bonchev–Trinajstić information content (AvgIpc) is 2.61. The molecule has 0 amide bonds. The van der Waals surface area contributed by atoms with Gasteiger partial charge in [-0.15, -0.1) is 12.4 Å². The molecule has 2 atom stereocenters. The number of carboxylic acid groups (broad SMARTS) is 1. The number of carbonyl (C=O) groups is 1. The molecule has 25 heavy (non-hydrogen) atoms. The molecule has 0 spiro atoms.